The van der Waals surface area contributed by atoms with Crippen LogP contribution in [-0.4, -0.2) is 37.7 Å². The van der Waals surface area contributed by atoms with Crippen LogP contribution in [0.4, 0.5) is 0 Å². The van der Waals surface area contributed by atoms with Crippen molar-refractivity contribution >= 4 is 37.7 Å². The molecule has 0 heterocycles. The Kier molecular flexibility index (Phi) is 7.70. The van der Waals surface area contributed by atoms with Crippen molar-refractivity contribution in [3.05, 3.63) is 0 Å². The minimum absolute atomic E-state index is 0. The number of hydrogen-bond acceptors (Lipinski definition) is 0. The zero-order chi connectivity index (χ0) is 9.12. The third-order valence-electron chi connectivity index (χ3n) is 1.85. The Morgan fingerprint density at radius 2 is 0.917 bits per heavy atom. The second-order valence-corrected chi connectivity index (χ2v) is 5.97. The first-order valence-corrected chi connectivity index (χ1v) is 4.71. The zero-order valence-electron chi connectivity index (χ0n) is 9.12. The Morgan fingerprint density at radius 3 is 1.08 bits per heavy atom. The summed E-state index contributed by atoms with van der Waals surface area (Å²) in [6.07, 6.45) is 4.07. The predicted molar refractivity (Wildman–Crippen MR) is 61.3 cm³/mol. The van der Waals surface area contributed by atoms with Crippen molar-refractivity contribution in [1.29, 1.82) is 0 Å². The molecule has 0 aromatic rings. The molecule has 0 aliphatic rings. The standard InChI is InChI=1S/C11H24.Ca.2H/c1-10(2,3)8-7-9-11(4,5)6;;;/h7-9H2,1-6H3;;;. The summed E-state index contributed by atoms with van der Waals surface area (Å²) in [5.74, 6) is 0. The van der Waals surface area contributed by atoms with Crippen LogP contribution in [0.3, 0.4) is 0 Å². The fraction of sp³-hybridized carbons (Fsp3) is 1.00. The quantitative estimate of drug-likeness (QED) is 0.597. The van der Waals surface area contributed by atoms with E-state index in [1.54, 1.807) is 0 Å². The van der Waals surface area contributed by atoms with Crippen molar-refractivity contribution in [2.24, 2.45) is 10.8 Å². The summed E-state index contributed by atoms with van der Waals surface area (Å²) in [5.41, 5.74) is 1.04. The molecule has 0 fully saturated rings. The molecular weight excluding hydrogens is 172 g/mol. The van der Waals surface area contributed by atoms with Gasteiger partial charge in [-0.05, 0) is 23.7 Å². The van der Waals surface area contributed by atoms with Gasteiger partial charge < -0.3 is 0 Å². The molecule has 0 bridgehead atoms. The molecule has 0 nitrogen and oxygen atoms in total. The molecule has 0 unspecified atom stereocenters. The first-order valence-electron chi connectivity index (χ1n) is 4.71. The molecule has 0 N–H and O–H groups in total. The maximum absolute atomic E-state index is 2.32. The van der Waals surface area contributed by atoms with Crippen LogP contribution in [0.5, 0.6) is 0 Å². The van der Waals surface area contributed by atoms with Gasteiger partial charge in [-0.3, -0.25) is 0 Å². The van der Waals surface area contributed by atoms with Gasteiger partial charge in [0, 0.05) is 0 Å². The van der Waals surface area contributed by atoms with E-state index in [1.807, 2.05) is 0 Å². The molecule has 0 rings (SSSR count). The fourth-order valence-corrected chi connectivity index (χ4v) is 1.15. The summed E-state index contributed by atoms with van der Waals surface area (Å²) in [6, 6.07) is 0. The first-order chi connectivity index (χ1) is 4.71. The van der Waals surface area contributed by atoms with Crippen LogP contribution >= 0.6 is 0 Å². The minimum atomic E-state index is 0. The Labute approximate surface area is 109 Å². The van der Waals surface area contributed by atoms with Crippen molar-refractivity contribution in [2.75, 3.05) is 0 Å². The Balaban J connectivity index is 0. The summed E-state index contributed by atoms with van der Waals surface area (Å²) in [7, 11) is 0. The van der Waals surface area contributed by atoms with E-state index in [1.165, 1.54) is 19.3 Å². The molecule has 0 atom stereocenters. The van der Waals surface area contributed by atoms with Gasteiger partial charge in [-0.1, -0.05) is 48.0 Å². The van der Waals surface area contributed by atoms with Crippen LogP contribution in [0, 0.1) is 10.8 Å². The monoisotopic (exact) mass is 198 g/mol. The van der Waals surface area contributed by atoms with E-state index in [0.29, 0.717) is 10.8 Å². The third-order valence-corrected chi connectivity index (χ3v) is 1.85. The average Bonchev–Trinajstić information content (AvgIpc) is 1.55. The number of hydrogen-bond donors (Lipinski definition) is 0. The van der Waals surface area contributed by atoms with Crippen LogP contribution in [0.15, 0.2) is 0 Å². The zero-order valence-corrected chi connectivity index (χ0v) is 9.12. The summed E-state index contributed by atoms with van der Waals surface area (Å²) in [5, 5.41) is 0. The third kappa shape index (κ3) is 13.8. The van der Waals surface area contributed by atoms with Gasteiger partial charge in [0.2, 0.25) is 0 Å². The maximum atomic E-state index is 2.32. The van der Waals surface area contributed by atoms with Crippen molar-refractivity contribution in [1.82, 2.24) is 0 Å². The fourth-order valence-electron chi connectivity index (χ4n) is 1.15. The van der Waals surface area contributed by atoms with E-state index in [4.69, 9.17) is 0 Å². The second kappa shape index (κ2) is 5.88. The molecule has 12 heavy (non-hydrogen) atoms. The molecule has 0 radical (unpaired) electrons. The topological polar surface area (TPSA) is 0 Å². The van der Waals surface area contributed by atoms with Crippen LogP contribution in [0.25, 0.3) is 0 Å². The van der Waals surface area contributed by atoms with E-state index in [-0.39, 0.29) is 37.7 Å². The van der Waals surface area contributed by atoms with Gasteiger partial charge in [0.05, 0.1) is 0 Å². The summed E-state index contributed by atoms with van der Waals surface area (Å²) < 4.78 is 0. The predicted octanol–water partition coefficient (Wildman–Crippen LogP) is 3.33. The molecular formula is C11H26Ca. The molecule has 0 aromatic carbocycles. The number of rotatable bonds is 2. The van der Waals surface area contributed by atoms with Crippen molar-refractivity contribution in [2.45, 2.75) is 60.8 Å². The molecule has 72 valence electrons. The van der Waals surface area contributed by atoms with Crippen LogP contribution in [-0.2, 0) is 0 Å². The van der Waals surface area contributed by atoms with Crippen LogP contribution in [0.2, 0.25) is 0 Å². The molecule has 0 saturated heterocycles. The first kappa shape index (κ1) is 15.7. The Hall–Kier alpha value is 1.26. The van der Waals surface area contributed by atoms with Crippen molar-refractivity contribution in [3.8, 4) is 0 Å². The van der Waals surface area contributed by atoms with E-state index in [0.717, 1.165) is 0 Å². The molecule has 1 heteroatoms. The molecule has 0 saturated carbocycles. The van der Waals surface area contributed by atoms with Gasteiger partial charge in [0.25, 0.3) is 0 Å². The van der Waals surface area contributed by atoms with E-state index >= 15 is 0 Å². The van der Waals surface area contributed by atoms with Crippen LogP contribution < -0.4 is 0 Å². The summed E-state index contributed by atoms with van der Waals surface area (Å²) >= 11 is 0. The molecule has 0 amide bonds. The van der Waals surface area contributed by atoms with Crippen molar-refractivity contribution < 1.29 is 0 Å². The van der Waals surface area contributed by atoms with Gasteiger partial charge in [-0.2, -0.15) is 0 Å². The summed E-state index contributed by atoms with van der Waals surface area (Å²) in [6.45, 7) is 13.9. The molecule has 0 aliphatic heterocycles. The second-order valence-electron chi connectivity index (χ2n) is 5.97. The summed E-state index contributed by atoms with van der Waals surface area (Å²) in [4.78, 5) is 0. The SMILES string of the molecule is CC(C)(C)CCCC(C)(C)C.[CaH2]. The van der Waals surface area contributed by atoms with Gasteiger partial charge in [-0.15, -0.1) is 0 Å². The Bertz CT molecular complexity index is 89.2. The van der Waals surface area contributed by atoms with E-state index < -0.39 is 0 Å². The van der Waals surface area contributed by atoms with Crippen LogP contribution in [0.1, 0.15) is 60.8 Å². The van der Waals surface area contributed by atoms with Gasteiger partial charge in [-0.25, -0.2) is 0 Å². The van der Waals surface area contributed by atoms with Gasteiger partial charge in [0.15, 0.2) is 0 Å². The van der Waals surface area contributed by atoms with Gasteiger partial charge >= 0.3 is 37.7 Å². The van der Waals surface area contributed by atoms with Crippen molar-refractivity contribution in [3.63, 3.8) is 0 Å². The molecule has 0 aliphatic carbocycles. The van der Waals surface area contributed by atoms with E-state index in [9.17, 15) is 0 Å². The normalized spacial score (nSPS) is 12.5. The van der Waals surface area contributed by atoms with Gasteiger partial charge in [0.1, 0.15) is 0 Å². The van der Waals surface area contributed by atoms with E-state index in [2.05, 4.69) is 41.5 Å². The molecule has 0 spiro atoms. The average molecular weight is 198 g/mol. The molecule has 0 aromatic heterocycles. The Morgan fingerprint density at radius 1 is 0.667 bits per heavy atom.